The molecule has 0 unspecified atom stereocenters. The normalized spacial score (nSPS) is 11.2. The van der Waals surface area contributed by atoms with Crippen molar-refractivity contribution in [2.45, 2.75) is 13.3 Å². The third-order valence-electron chi connectivity index (χ3n) is 4.22. The quantitative estimate of drug-likeness (QED) is 0.526. The van der Waals surface area contributed by atoms with E-state index >= 15 is 0 Å². The van der Waals surface area contributed by atoms with Gasteiger partial charge in [-0.1, -0.05) is 35.5 Å². The van der Waals surface area contributed by atoms with Crippen LogP contribution in [-0.4, -0.2) is 47.2 Å². The summed E-state index contributed by atoms with van der Waals surface area (Å²) in [5.41, 5.74) is 2.81. The second-order valence-electron chi connectivity index (χ2n) is 6.73. The average Bonchev–Trinajstić information content (AvgIpc) is 3.04. The molecule has 0 saturated heterocycles. The van der Waals surface area contributed by atoms with Crippen molar-refractivity contribution in [2.24, 2.45) is 7.05 Å². The van der Waals surface area contributed by atoms with Crippen LogP contribution in [0, 0.1) is 6.92 Å². The van der Waals surface area contributed by atoms with Crippen LogP contribution in [-0.2, 0) is 23.5 Å². The van der Waals surface area contributed by atoms with Gasteiger partial charge in [0.25, 0.3) is 0 Å². The van der Waals surface area contributed by atoms with Gasteiger partial charge in [0.05, 0.1) is 23.3 Å². The van der Waals surface area contributed by atoms with Gasteiger partial charge in [-0.15, -0.1) is 5.10 Å². The monoisotopic (exact) mass is 429 g/mol. The third kappa shape index (κ3) is 5.54. The van der Waals surface area contributed by atoms with Gasteiger partial charge in [-0.25, -0.2) is 22.9 Å². The van der Waals surface area contributed by atoms with Crippen LogP contribution in [0.2, 0.25) is 0 Å². The van der Waals surface area contributed by atoms with E-state index in [4.69, 9.17) is 0 Å². The summed E-state index contributed by atoms with van der Waals surface area (Å²) >= 11 is 0. The summed E-state index contributed by atoms with van der Waals surface area (Å²) in [4.78, 5) is 16.7. The largest absolute Gasteiger partial charge is 0.337 e. The van der Waals surface area contributed by atoms with E-state index in [0.29, 0.717) is 41.6 Å². The zero-order chi connectivity index (χ0) is 21.7. The number of hydrogen-bond donors (Lipinski definition) is 3. The number of carbonyl (C=O) groups excluding carboxylic acids is 1. The first-order chi connectivity index (χ1) is 14.2. The minimum Gasteiger partial charge on any atom is -0.337 e. The van der Waals surface area contributed by atoms with Crippen molar-refractivity contribution in [2.75, 3.05) is 22.8 Å². The maximum atomic E-state index is 12.3. The van der Waals surface area contributed by atoms with Crippen molar-refractivity contribution in [3.8, 4) is 11.4 Å². The molecule has 2 heterocycles. The molecular weight excluding hydrogens is 406 g/mol. The molecule has 1 aromatic carbocycles. The predicted molar refractivity (Wildman–Crippen MR) is 115 cm³/mol. The molecule has 2 aromatic heterocycles. The summed E-state index contributed by atoms with van der Waals surface area (Å²) < 4.78 is 26.7. The van der Waals surface area contributed by atoms with E-state index in [2.05, 4.69) is 30.7 Å². The van der Waals surface area contributed by atoms with Crippen molar-refractivity contribution in [3.63, 3.8) is 0 Å². The zero-order valence-corrected chi connectivity index (χ0v) is 17.7. The van der Waals surface area contributed by atoms with Crippen molar-refractivity contribution < 1.29 is 13.2 Å². The molecule has 0 spiro atoms. The lowest BCUT2D eigenvalue weighted by atomic mass is 10.1. The standard InChI is InChI=1S/C19H23N7O3S/c1-13-15(24-30(3,28)29)9-10-16(21-13)17-18(26(2)25-23-17)22-19(27)20-12-11-14-7-5-4-6-8-14/h4-10,24H,11-12H2,1-3H3,(H2,20,22,27). The molecule has 3 rings (SSSR count). The molecular formula is C19H23N7O3S. The van der Waals surface area contributed by atoms with E-state index in [-0.39, 0.29) is 6.03 Å². The number of nitrogens with zero attached hydrogens (tertiary/aromatic N) is 4. The van der Waals surface area contributed by atoms with Gasteiger partial charge in [0, 0.05) is 13.6 Å². The topological polar surface area (TPSA) is 131 Å². The fraction of sp³-hybridized carbons (Fsp3) is 0.263. The molecule has 0 saturated carbocycles. The number of aryl methyl sites for hydroxylation is 2. The van der Waals surface area contributed by atoms with Crippen LogP contribution in [0.25, 0.3) is 11.4 Å². The summed E-state index contributed by atoms with van der Waals surface area (Å²) in [6.07, 6.45) is 1.78. The Bertz CT molecular complexity index is 1140. The number of urea groups is 1. The van der Waals surface area contributed by atoms with Gasteiger partial charge in [0.1, 0.15) is 0 Å². The predicted octanol–water partition coefficient (Wildman–Crippen LogP) is 1.92. The highest BCUT2D eigenvalue weighted by atomic mass is 32.2. The number of rotatable bonds is 7. The number of anilines is 2. The van der Waals surface area contributed by atoms with Gasteiger partial charge >= 0.3 is 6.03 Å². The van der Waals surface area contributed by atoms with Crippen LogP contribution in [0.3, 0.4) is 0 Å². The molecule has 11 heteroatoms. The van der Waals surface area contributed by atoms with E-state index < -0.39 is 10.0 Å². The molecule has 0 aliphatic rings. The molecule has 3 N–H and O–H groups in total. The number of aromatic nitrogens is 4. The van der Waals surface area contributed by atoms with Crippen LogP contribution < -0.4 is 15.4 Å². The zero-order valence-electron chi connectivity index (χ0n) is 16.9. The van der Waals surface area contributed by atoms with Gasteiger partial charge in [-0.2, -0.15) is 0 Å². The van der Waals surface area contributed by atoms with Crippen molar-refractivity contribution in [1.82, 2.24) is 25.3 Å². The van der Waals surface area contributed by atoms with Crippen LogP contribution in [0.1, 0.15) is 11.3 Å². The Morgan fingerprint density at radius 3 is 2.53 bits per heavy atom. The number of benzene rings is 1. The van der Waals surface area contributed by atoms with E-state index in [1.54, 1.807) is 26.1 Å². The smallest absolute Gasteiger partial charge is 0.320 e. The molecule has 0 aliphatic heterocycles. The van der Waals surface area contributed by atoms with Gasteiger partial charge in [-0.3, -0.25) is 10.0 Å². The lowest BCUT2D eigenvalue weighted by Gasteiger charge is -2.10. The molecule has 0 bridgehead atoms. The van der Waals surface area contributed by atoms with Gasteiger partial charge in [-0.05, 0) is 31.0 Å². The summed E-state index contributed by atoms with van der Waals surface area (Å²) in [5.74, 6) is 0.378. The fourth-order valence-electron chi connectivity index (χ4n) is 2.79. The van der Waals surface area contributed by atoms with Crippen LogP contribution in [0.15, 0.2) is 42.5 Å². The SMILES string of the molecule is Cc1nc(-c2nnn(C)c2NC(=O)NCCc2ccccc2)ccc1NS(C)(=O)=O. The van der Waals surface area contributed by atoms with E-state index in [0.717, 1.165) is 11.8 Å². The number of amides is 2. The van der Waals surface area contributed by atoms with Crippen LogP contribution >= 0.6 is 0 Å². The first-order valence-corrected chi connectivity index (χ1v) is 11.1. The highest BCUT2D eigenvalue weighted by Crippen LogP contribution is 2.26. The average molecular weight is 430 g/mol. The number of carbonyl (C=O) groups is 1. The molecule has 0 fully saturated rings. The van der Waals surface area contributed by atoms with Crippen molar-refractivity contribution in [3.05, 3.63) is 53.7 Å². The summed E-state index contributed by atoms with van der Waals surface area (Å²) in [6, 6.07) is 12.7. The number of nitrogens with one attached hydrogen (secondary N) is 3. The molecule has 158 valence electrons. The van der Waals surface area contributed by atoms with Crippen LogP contribution in [0.4, 0.5) is 16.3 Å². The summed E-state index contributed by atoms with van der Waals surface area (Å²) in [6.45, 7) is 2.15. The first kappa shape index (κ1) is 21.2. The second-order valence-corrected chi connectivity index (χ2v) is 8.48. The Balaban J connectivity index is 1.70. The minimum atomic E-state index is -3.41. The Hall–Kier alpha value is -3.47. The Morgan fingerprint density at radius 1 is 1.13 bits per heavy atom. The number of pyridine rings is 1. The van der Waals surface area contributed by atoms with Gasteiger partial charge in [0.2, 0.25) is 10.0 Å². The second kappa shape index (κ2) is 8.91. The van der Waals surface area contributed by atoms with E-state index in [9.17, 15) is 13.2 Å². The molecule has 0 atom stereocenters. The highest BCUT2D eigenvalue weighted by molar-refractivity contribution is 7.92. The minimum absolute atomic E-state index is 0.373. The molecule has 10 nitrogen and oxygen atoms in total. The lowest BCUT2D eigenvalue weighted by molar-refractivity contribution is 0.252. The first-order valence-electron chi connectivity index (χ1n) is 9.17. The lowest BCUT2D eigenvalue weighted by Crippen LogP contribution is -2.31. The maximum Gasteiger partial charge on any atom is 0.320 e. The Morgan fingerprint density at radius 2 is 1.87 bits per heavy atom. The van der Waals surface area contributed by atoms with Gasteiger partial charge in [0.15, 0.2) is 11.5 Å². The van der Waals surface area contributed by atoms with Gasteiger partial charge < -0.3 is 5.32 Å². The summed E-state index contributed by atoms with van der Waals surface area (Å²) in [5, 5.41) is 13.6. The number of hydrogen-bond acceptors (Lipinski definition) is 6. The number of sulfonamides is 1. The van der Waals surface area contributed by atoms with Crippen molar-refractivity contribution in [1.29, 1.82) is 0 Å². The van der Waals surface area contributed by atoms with E-state index in [1.165, 1.54) is 4.68 Å². The van der Waals surface area contributed by atoms with Crippen LogP contribution in [0.5, 0.6) is 0 Å². The third-order valence-corrected chi connectivity index (χ3v) is 4.82. The van der Waals surface area contributed by atoms with Crippen molar-refractivity contribution >= 4 is 27.6 Å². The Kier molecular flexibility index (Phi) is 6.31. The molecule has 30 heavy (non-hydrogen) atoms. The molecule has 3 aromatic rings. The van der Waals surface area contributed by atoms with E-state index in [1.807, 2.05) is 30.3 Å². The highest BCUT2D eigenvalue weighted by Gasteiger charge is 2.18. The molecule has 2 amide bonds. The molecule has 0 aliphatic carbocycles. The fourth-order valence-corrected chi connectivity index (χ4v) is 3.40. The summed E-state index contributed by atoms with van der Waals surface area (Å²) in [7, 11) is -1.76. The molecule has 0 radical (unpaired) electrons. The maximum absolute atomic E-state index is 12.3. The Labute approximate surface area is 174 Å².